The summed E-state index contributed by atoms with van der Waals surface area (Å²) in [5, 5.41) is 0. The van der Waals surface area contributed by atoms with Crippen LogP contribution < -0.4 is 9.47 Å². The zero-order chi connectivity index (χ0) is 16.7. The summed E-state index contributed by atoms with van der Waals surface area (Å²) in [6, 6.07) is 5.24. The second-order valence-corrected chi connectivity index (χ2v) is 5.56. The number of hydrogen-bond acceptors (Lipinski definition) is 4. The molecule has 0 spiro atoms. The van der Waals surface area contributed by atoms with Crippen LogP contribution in [0.5, 0.6) is 11.5 Å². The lowest BCUT2D eigenvalue weighted by Crippen LogP contribution is -2.39. The van der Waals surface area contributed by atoms with E-state index in [1.54, 1.807) is 32.4 Å². The summed E-state index contributed by atoms with van der Waals surface area (Å²) in [4.78, 5) is 14.5. The average Bonchev–Trinajstić information content (AvgIpc) is 2.61. The van der Waals surface area contributed by atoms with Crippen LogP contribution in [0, 0.1) is 18.3 Å². The lowest BCUT2D eigenvalue weighted by molar-refractivity contribution is 0.0581. The number of nitrogens with zero attached hydrogens (tertiary/aromatic N) is 1. The molecule has 0 saturated carbocycles. The van der Waals surface area contributed by atoms with Crippen LogP contribution in [0.1, 0.15) is 23.2 Å². The van der Waals surface area contributed by atoms with Gasteiger partial charge in [-0.2, -0.15) is 0 Å². The van der Waals surface area contributed by atoms with Crippen LogP contribution in [0.15, 0.2) is 18.2 Å². The van der Waals surface area contributed by atoms with Gasteiger partial charge in [0.1, 0.15) is 18.1 Å². The van der Waals surface area contributed by atoms with Crippen molar-refractivity contribution in [2.75, 3.05) is 40.5 Å². The number of likely N-dealkylation sites (tertiary alicyclic amines) is 1. The molecule has 0 aromatic heterocycles. The first-order chi connectivity index (χ1) is 11.2. The van der Waals surface area contributed by atoms with Gasteiger partial charge < -0.3 is 19.1 Å². The van der Waals surface area contributed by atoms with E-state index >= 15 is 0 Å². The number of ether oxygens (including phenoxy) is 3. The van der Waals surface area contributed by atoms with E-state index in [-0.39, 0.29) is 5.91 Å². The van der Waals surface area contributed by atoms with Gasteiger partial charge in [-0.25, -0.2) is 0 Å². The highest BCUT2D eigenvalue weighted by atomic mass is 16.5. The van der Waals surface area contributed by atoms with Crippen LogP contribution in [-0.4, -0.2) is 51.3 Å². The van der Waals surface area contributed by atoms with Crippen molar-refractivity contribution in [2.45, 2.75) is 12.8 Å². The van der Waals surface area contributed by atoms with Gasteiger partial charge >= 0.3 is 0 Å². The molecule has 1 aromatic carbocycles. The van der Waals surface area contributed by atoms with Crippen LogP contribution >= 0.6 is 0 Å². The second kappa shape index (κ2) is 8.44. The summed E-state index contributed by atoms with van der Waals surface area (Å²) in [5.74, 6) is 4.17. The van der Waals surface area contributed by atoms with Crippen molar-refractivity contribution in [3.63, 3.8) is 0 Å². The van der Waals surface area contributed by atoms with Crippen LogP contribution in [0.2, 0.25) is 0 Å². The highest BCUT2D eigenvalue weighted by Crippen LogP contribution is 2.25. The summed E-state index contributed by atoms with van der Waals surface area (Å²) in [6.07, 6.45) is 7.03. The van der Waals surface area contributed by atoms with E-state index in [0.29, 0.717) is 36.2 Å². The molecule has 0 bridgehead atoms. The molecule has 1 amide bonds. The fraction of sp³-hybridized carbons (Fsp3) is 0.500. The van der Waals surface area contributed by atoms with Crippen molar-refractivity contribution in [1.82, 2.24) is 4.90 Å². The maximum Gasteiger partial charge on any atom is 0.254 e. The number of piperidine rings is 1. The number of carbonyl (C=O) groups excluding carboxylic acids is 1. The normalized spacial score (nSPS) is 15.1. The van der Waals surface area contributed by atoms with Gasteiger partial charge in [0.25, 0.3) is 5.91 Å². The highest BCUT2D eigenvalue weighted by molar-refractivity contribution is 5.95. The van der Waals surface area contributed by atoms with Gasteiger partial charge in [0.2, 0.25) is 0 Å². The molecule has 1 heterocycles. The lowest BCUT2D eigenvalue weighted by atomic mass is 9.97. The zero-order valence-corrected chi connectivity index (χ0v) is 13.7. The molecule has 23 heavy (non-hydrogen) atoms. The summed E-state index contributed by atoms with van der Waals surface area (Å²) >= 11 is 0. The van der Waals surface area contributed by atoms with E-state index in [2.05, 4.69) is 5.92 Å². The first-order valence-electron chi connectivity index (χ1n) is 7.71. The Morgan fingerprint density at radius 2 is 1.83 bits per heavy atom. The quantitative estimate of drug-likeness (QED) is 0.596. The van der Waals surface area contributed by atoms with Gasteiger partial charge in [-0.05, 0) is 30.9 Å². The molecule has 124 valence electrons. The fourth-order valence-electron chi connectivity index (χ4n) is 2.70. The summed E-state index contributed by atoms with van der Waals surface area (Å²) in [5.41, 5.74) is 0.586. The molecule has 1 saturated heterocycles. The number of carbonyl (C=O) groups is 1. The molecule has 1 aliphatic rings. The molecule has 1 aliphatic heterocycles. The molecule has 1 aromatic rings. The summed E-state index contributed by atoms with van der Waals surface area (Å²) in [7, 11) is 3.15. The number of amides is 1. The SMILES string of the molecule is C#CCOCC1CCN(C(=O)c2cc(OC)cc(OC)c2)CC1. The maximum absolute atomic E-state index is 12.7. The average molecular weight is 317 g/mol. The Hall–Kier alpha value is -2.19. The third-order valence-electron chi connectivity index (χ3n) is 4.04. The standard InChI is InChI=1S/C18H23NO4/c1-4-9-23-13-14-5-7-19(8-6-14)18(20)15-10-16(21-2)12-17(11-15)22-3/h1,10-12,14H,5-9,13H2,2-3H3. The number of terminal acetylenes is 1. The third kappa shape index (κ3) is 4.64. The monoisotopic (exact) mass is 317 g/mol. The number of methoxy groups -OCH3 is 2. The van der Waals surface area contributed by atoms with E-state index in [9.17, 15) is 4.79 Å². The van der Waals surface area contributed by atoms with E-state index in [1.807, 2.05) is 4.90 Å². The molecule has 0 unspecified atom stereocenters. The van der Waals surface area contributed by atoms with Gasteiger partial charge in [-0.3, -0.25) is 4.79 Å². The van der Waals surface area contributed by atoms with Crippen molar-refractivity contribution in [3.05, 3.63) is 23.8 Å². The molecular weight excluding hydrogens is 294 g/mol. The molecule has 2 rings (SSSR count). The molecule has 5 nitrogen and oxygen atoms in total. The van der Waals surface area contributed by atoms with Gasteiger partial charge in [0, 0.05) is 24.7 Å². The Kier molecular flexibility index (Phi) is 6.30. The molecule has 0 N–H and O–H groups in total. The maximum atomic E-state index is 12.7. The minimum atomic E-state index is 0.00481. The molecular formula is C18H23NO4. The third-order valence-corrected chi connectivity index (χ3v) is 4.04. The van der Waals surface area contributed by atoms with Crippen LogP contribution in [0.3, 0.4) is 0 Å². The molecule has 0 radical (unpaired) electrons. The van der Waals surface area contributed by atoms with Gasteiger partial charge in [0.15, 0.2) is 0 Å². The Labute approximate surface area is 137 Å². The molecule has 0 atom stereocenters. The topological polar surface area (TPSA) is 48.0 Å². The number of hydrogen-bond donors (Lipinski definition) is 0. The van der Waals surface area contributed by atoms with Gasteiger partial charge in [-0.15, -0.1) is 6.42 Å². The lowest BCUT2D eigenvalue weighted by Gasteiger charge is -2.32. The minimum absolute atomic E-state index is 0.00481. The summed E-state index contributed by atoms with van der Waals surface area (Å²) in [6.45, 7) is 2.47. The molecule has 5 heteroatoms. The highest BCUT2D eigenvalue weighted by Gasteiger charge is 2.24. The second-order valence-electron chi connectivity index (χ2n) is 5.56. The number of benzene rings is 1. The Bertz CT molecular complexity index is 549. The van der Waals surface area contributed by atoms with Crippen molar-refractivity contribution in [2.24, 2.45) is 5.92 Å². The van der Waals surface area contributed by atoms with Crippen LogP contribution in [0.25, 0.3) is 0 Å². The predicted molar refractivity (Wildman–Crippen MR) is 87.8 cm³/mol. The van der Waals surface area contributed by atoms with Crippen molar-refractivity contribution >= 4 is 5.91 Å². The van der Waals surface area contributed by atoms with Crippen molar-refractivity contribution < 1.29 is 19.0 Å². The largest absolute Gasteiger partial charge is 0.497 e. The summed E-state index contributed by atoms with van der Waals surface area (Å²) < 4.78 is 15.8. The minimum Gasteiger partial charge on any atom is -0.497 e. The predicted octanol–water partition coefficient (Wildman–Crippen LogP) is 2.21. The Morgan fingerprint density at radius 1 is 1.22 bits per heavy atom. The van der Waals surface area contributed by atoms with E-state index in [4.69, 9.17) is 20.6 Å². The Morgan fingerprint density at radius 3 is 2.35 bits per heavy atom. The van der Waals surface area contributed by atoms with E-state index in [0.717, 1.165) is 25.9 Å². The van der Waals surface area contributed by atoms with Gasteiger partial charge in [0.05, 0.1) is 20.8 Å². The van der Waals surface area contributed by atoms with Crippen molar-refractivity contribution in [1.29, 1.82) is 0 Å². The Balaban J connectivity index is 1.96. The smallest absolute Gasteiger partial charge is 0.254 e. The number of rotatable bonds is 6. The molecule has 1 fully saturated rings. The fourth-order valence-corrected chi connectivity index (χ4v) is 2.70. The van der Waals surface area contributed by atoms with Crippen LogP contribution in [0.4, 0.5) is 0 Å². The van der Waals surface area contributed by atoms with Crippen LogP contribution in [-0.2, 0) is 4.74 Å². The first-order valence-corrected chi connectivity index (χ1v) is 7.71. The van der Waals surface area contributed by atoms with Gasteiger partial charge in [-0.1, -0.05) is 5.92 Å². The zero-order valence-electron chi connectivity index (χ0n) is 13.7. The van der Waals surface area contributed by atoms with Crippen molar-refractivity contribution in [3.8, 4) is 23.8 Å². The molecule has 0 aliphatic carbocycles. The van der Waals surface area contributed by atoms with E-state index < -0.39 is 0 Å². The first kappa shape index (κ1) is 17.2. The van der Waals surface area contributed by atoms with E-state index in [1.165, 1.54) is 0 Å².